The molecule has 15 heavy (non-hydrogen) atoms. The molecular weight excluding hydrogens is 234 g/mol. The molecule has 0 amide bonds. The van der Waals surface area contributed by atoms with Crippen molar-refractivity contribution in [2.75, 3.05) is 5.73 Å². The van der Waals surface area contributed by atoms with Crippen LogP contribution in [0.3, 0.4) is 0 Å². The maximum absolute atomic E-state index is 10.5. The number of nitrogen functional groups attached to an aromatic ring is 1. The van der Waals surface area contributed by atoms with Gasteiger partial charge in [0.15, 0.2) is 5.13 Å². The fourth-order valence-electron chi connectivity index (χ4n) is 1.04. The van der Waals surface area contributed by atoms with Crippen molar-refractivity contribution in [3.63, 3.8) is 0 Å². The smallest absolute Gasteiger partial charge is 0.310 e. The molecule has 0 aliphatic rings. The van der Waals surface area contributed by atoms with E-state index >= 15 is 0 Å². The second-order valence-corrected chi connectivity index (χ2v) is 4.60. The molecular formula is C8H7N3O2S2. The lowest BCUT2D eigenvalue weighted by Crippen LogP contribution is -1.99. The Hall–Kier alpha value is -1.47. The van der Waals surface area contributed by atoms with E-state index in [1.54, 1.807) is 10.8 Å². The molecule has 0 aliphatic heterocycles. The van der Waals surface area contributed by atoms with Crippen molar-refractivity contribution in [2.45, 2.75) is 6.42 Å². The van der Waals surface area contributed by atoms with E-state index in [-0.39, 0.29) is 6.42 Å². The van der Waals surface area contributed by atoms with Crippen LogP contribution in [0, 0.1) is 0 Å². The molecule has 0 radical (unpaired) electrons. The zero-order valence-electron chi connectivity index (χ0n) is 7.51. The van der Waals surface area contributed by atoms with Gasteiger partial charge >= 0.3 is 5.97 Å². The Balaban J connectivity index is 2.23. The van der Waals surface area contributed by atoms with E-state index in [9.17, 15) is 4.79 Å². The summed E-state index contributed by atoms with van der Waals surface area (Å²) in [4.78, 5) is 18.7. The molecule has 0 unspecified atom stereocenters. The topological polar surface area (TPSA) is 89.1 Å². The molecule has 0 saturated heterocycles. The van der Waals surface area contributed by atoms with Gasteiger partial charge < -0.3 is 10.8 Å². The van der Waals surface area contributed by atoms with E-state index in [0.717, 1.165) is 0 Å². The highest BCUT2D eigenvalue weighted by Gasteiger charge is 2.09. The summed E-state index contributed by atoms with van der Waals surface area (Å²) >= 11 is 2.65. The van der Waals surface area contributed by atoms with Crippen LogP contribution >= 0.6 is 22.7 Å². The van der Waals surface area contributed by atoms with Crippen molar-refractivity contribution in [1.82, 2.24) is 9.97 Å². The molecule has 2 rings (SSSR count). The van der Waals surface area contributed by atoms with Gasteiger partial charge in [-0.3, -0.25) is 4.79 Å². The van der Waals surface area contributed by atoms with Crippen molar-refractivity contribution in [3.05, 3.63) is 15.8 Å². The predicted octanol–water partition coefficient (Wildman–Crippen LogP) is 1.48. The number of hydrogen-bond donors (Lipinski definition) is 2. The van der Waals surface area contributed by atoms with E-state index in [1.807, 2.05) is 0 Å². The Morgan fingerprint density at radius 2 is 2.00 bits per heavy atom. The molecule has 0 bridgehead atoms. The van der Waals surface area contributed by atoms with Gasteiger partial charge in [-0.05, 0) is 0 Å². The second kappa shape index (κ2) is 3.95. The number of carbonyl (C=O) groups is 1. The molecule has 0 saturated carbocycles. The molecule has 2 aromatic rings. The van der Waals surface area contributed by atoms with Crippen LogP contribution in [0.1, 0.15) is 5.01 Å². The minimum atomic E-state index is -0.881. The van der Waals surface area contributed by atoms with E-state index < -0.39 is 5.97 Å². The lowest BCUT2D eigenvalue weighted by molar-refractivity contribution is -0.136. The van der Waals surface area contributed by atoms with Crippen LogP contribution < -0.4 is 5.73 Å². The number of thiazole rings is 2. The fraction of sp³-hybridized carbons (Fsp3) is 0.125. The van der Waals surface area contributed by atoms with Gasteiger partial charge in [0.05, 0.1) is 6.42 Å². The molecule has 0 aromatic carbocycles. The van der Waals surface area contributed by atoms with Crippen LogP contribution in [0.15, 0.2) is 10.8 Å². The van der Waals surface area contributed by atoms with Gasteiger partial charge in [-0.2, -0.15) is 0 Å². The summed E-state index contributed by atoms with van der Waals surface area (Å²) in [6, 6.07) is 0. The lowest BCUT2D eigenvalue weighted by Gasteiger charge is -1.88. The standard InChI is InChI=1S/C8H7N3O2S2/c9-8-11-5(3-15-8)4-2-14-6(10-4)1-7(12)13/h2-3H,1H2,(H2,9,11)(H,12,13). The van der Waals surface area contributed by atoms with Gasteiger partial charge in [0.25, 0.3) is 0 Å². The molecule has 7 heteroatoms. The lowest BCUT2D eigenvalue weighted by atomic mass is 10.4. The van der Waals surface area contributed by atoms with Crippen molar-refractivity contribution in [2.24, 2.45) is 0 Å². The number of rotatable bonds is 3. The first-order valence-electron chi connectivity index (χ1n) is 4.02. The first kappa shape index (κ1) is 10.1. The SMILES string of the molecule is Nc1nc(-c2csc(CC(=O)O)n2)cs1. The molecule has 0 aliphatic carbocycles. The largest absolute Gasteiger partial charge is 0.481 e. The Kier molecular flexibility index (Phi) is 2.65. The zero-order valence-corrected chi connectivity index (χ0v) is 9.14. The van der Waals surface area contributed by atoms with Gasteiger partial charge in [0.1, 0.15) is 16.4 Å². The maximum Gasteiger partial charge on any atom is 0.310 e. The molecule has 3 N–H and O–H groups in total. The summed E-state index contributed by atoms with van der Waals surface area (Å²) < 4.78 is 0. The third-order valence-corrected chi connectivity index (χ3v) is 3.16. The van der Waals surface area contributed by atoms with Crippen molar-refractivity contribution >= 4 is 33.8 Å². The summed E-state index contributed by atoms with van der Waals surface area (Å²) in [6.07, 6.45) is -0.0513. The van der Waals surface area contributed by atoms with Gasteiger partial charge in [-0.15, -0.1) is 22.7 Å². The Bertz CT molecular complexity index is 492. The number of anilines is 1. The number of hydrogen-bond acceptors (Lipinski definition) is 6. The van der Waals surface area contributed by atoms with Crippen LogP contribution in [-0.4, -0.2) is 21.0 Å². The monoisotopic (exact) mass is 241 g/mol. The quantitative estimate of drug-likeness (QED) is 0.849. The summed E-state index contributed by atoms with van der Waals surface area (Å²) in [7, 11) is 0. The van der Waals surface area contributed by atoms with Crippen molar-refractivity contribution in [1.29, 1.82) is 0 Å². The summed E-state index contributed by atoms with van der Waals surface area (Å²) in [6.45, 7) is 0. The number of nitrogens with two attached hydrogens (primary N) is 1. The molecule has 0 atom stereocenters. The van der Waals surface area contributed by atoms with Crippen LogP contribution in [0.2, 0.25) is 0 Å². The first-order chi connectivity index (χ1) is 7.15. The fourth-order valence-corrected chi connectivity index (χ4v) is 2.38. The number of nitrogens with zero attached hydrogens (tertiary/aromatic N) is 2. The molecule has 78 valence electrons. The Morgan fingerprint density at radius 3 is 2.60 bits per heavy atom. The van der Waals surface area contributed by atoms with Crippen LogP contribution in [0.4, 0.5) is 5.13 Å². The normalized spacial score (nSPS) is 10.4. The van der Waals surface area contributed by atoms with Crippen LogP contribution in [0.5, 0.6) is 0 Å². The average molecular weight is 241 g/mol. The highest BCUT2D eigenvalue weighted by molar-refractivity contribution is 7.14. The first-order valence-corrected chi connectivity index (χ1v) is 5.78. The molecule has 2 heterocycles. The Morgan fingerprint density at radius 1 is 1.33 bits per heavy atom. The number of carboxylic acid groups (broad SMARTS) is 1. The zero-order chi connectivity index (χ0) is 10.8. The maximum atomic E-state index is 10.5. The van der Waals surface area contributed by atoms with Gasteiger partial charge in [-0.1, -0.05) is 0 Å². The van der Waals surface area contributed by atoms with Gasteiger partial charge in [0, 0.05) is 10.8 Å². The van der Waals surface area contributed by atoms with Crippen molar-refractivity contribution in [3.8, 4) is 11.4 Å². The van der Waals surface area contributed by atoms with E-state index in [2.05, 4.69) is 9.97 Å². The predicted molar refractivity (Wildman–Crippen MR) is 59.0 cm³/mol. The van der Waals surface area contributed by atoms with Crippen LogP contribution in [0.25, 0.3) is 11.4 Å². The summed E-state index contributed by atoms with van der Waals surface area (Å²) in [5, 5.41) is 13.2. The minimum absolute atomic E-state index is 0.0513. The average Bonchev–Trinajstić information content (AvgIpc) is 2.72. The van der Waals surface area contributed by atoms with E-state index in [4.69, 9.17) is 10.8 Å². The van der Waals surface area contributed by atoms with E-state index in [0.29, 0.717) is 21.5 Å². The number of carboxylic acids is 1. The Labute approximate surface area is 93.2 Å². The van der Waals surface area contributed by atoms with Gasteiger partial charge in [0.2, 0.25) is 0 Å². The van der Waals surface area contributed by atoms with Gasteiger partial charge in [-0.25, -0.2) is 9.97 Å². The highest BCUT2D eigenvalue weighted by Crippen LogP contribution is 2.24. The summed E-state index contributed by atoms with van der Waals surface area (Å²) in [5.41, 5.74) is 6.88. The number of aromatic nitrogens is 2. The van der Waals surface area contributed by atoms with E-state index in [1.165, 1.54) is 22.7 Å². The molecule has 2 aromatic heterocycles. The summed E-state index contributed by atoms with van der Waals surface area (Å²) in [5.74, 6) is -0.881. The third-order valence-electron chi connectivity index (χ3n) is 1.64. The minimum Gasteiger partial charge on any atom is -0.481 e. The van der Waals surface area contributed by atoms with Crippen molar-refractivity contribution < 1.29 is 9.90 Å². The third kappa shape index (κ3) is 2.31. The molecule has 5 nitrogen and oxygen atoms in total. The second-order valence-electron chi connectivity index (χ2n) is 2.77. The molecule has 0 fully saturated rings. The number of aliphatic carboxylic acids is 1. The molecule has 0 spiro atoms. The highest BCUT2D eigenvalue weighted by atomic mass is 32.1. The van der Waals surface area contributed by atoms with Crippen LogP contribution in [-0.2, 0) is 11.2 Å².